The minimum absolute atomic E-state index is 0. The molecule has 2 aromatic rings. The molecule has 8 heteroatoms. The first-order valence-electron chi connectivity index (χ1n) is 14.8. The van der Waals surface area contributed by atoms with Crippen molar-refractivity contribution in [1.82, 2.24) is 0 Å². The van der Waals surface area contributed by atoms with Crippen LogP contribution in [-0.4, -0.2) is 22.2 Å². The van der Waals surface area contributed by atoms with E-state index in [2.05, 4.69) is 6.07 Å². The van der Waals surface area contributed by atoms with E-state index < -0.39 is 11.9 Å². The number of carboxylic acids is 2. The zero-order valence-corrected chi connectivity index (χ0v) is 32.4. The first-order chi connectivity index (χ1) is 18.6. The number of carboxylic acid groups (broad SMARTS) is 2. The molecule has 2 N–H and O–H groups in total. The molecule has 2 aromatic carbocycles. The third-order valence-corrected chi connectivity index (χ3v) is 8.49. The van der Waals surface area contributed by atoms with Crippen molar-refractivity contribution < 1.29 is 69.0 Å². The monoisotopic (exact) mass is 678 g/mol. The van der Waals surface area contributed by atoms with Crippen molar-refractivity contribution in [2.45, 2.75) is 128 Å². The standard InChI is InChI=1S/C19H26O3.C15H22O3.2Zn/c20-18-16(14-9-5-2-6-10-14)11-15(12-17(18)19(21)22)13-7-3-1-4-8-13;1-14(2,3)9-7-10(13(17)18)12(16)11(8-9)15(4,5)6;;/h11-14,20H,1-10H2,(H,21,22);7-8,16H,1-6H3,(H,17,18);;/q;;2*+2/p-2. The maximum atomic E-state index is 12.6. The minimum Gasteiger partial charge on any atom is -0.872 e. The van der Waals surface area contributed by atoms with Crippen LogP contribution in [0.1, 0.15) is 161 Å². The molecule has 0 aromatic heterocycles. The maximum Gasteiger partial charge on any atom is 2.00 e. The van der Waals surface area contributed by atoms with Gasteiger partial charge in [-0.3, -0.25) is 0 Å². The van der Waals surface area contributed by atoms with Crippen LogP contribution in [0.4, 0.5) is 0 Å². The summed E-state index contributed by atoms with van der Waals surface area (Å²) in [5.74, 6) is -2.13. The van der Waals surface area contributed by atoms with Crippen LogP contribution in [0.5, 0.6) is 11.5 Å². The van der Waals surface area contributed by atoms with Gasteiger partial charge in [0.2, 0.25) is 0 Å². The van der Waals surface area contributed by atoms with Gasteiger partial charge in [-0.2, -0.15) is 0 Å². The number of hydrogen-bond donors (Lipinski definition) is 2. The molecule has 0 radical (unpaired) electrons. The van der Waals surface area contributed by atoms with E-state index >= 15 is 0 Å². The summed E-state index contributed by atoms with van der Waals surface area (Å²) in [6.45, 7) is 11.8. The summed E-state index contributed by atoms with van der Waals surface area (Å²) < 4.78 is 0. The van der Waals surface area contributed by atoms with Gasteiger partial charge in [-0.1, -0.05) is 109 Å². The van der Waals surface area contributed by atoms with E-state index in [-0.39, 0.29) is 78.3 Å². The van der Waals surface area contributed by atoms with Crippen LogP contribution < -0.4 is 10.2 Å². The smallest absolute Gasteiger partial charge is 0.872 e. The molecule has 42 heavy (non-hydrogen) atoms. The van der Waals surface area contributed by atoms with E-state index in [1.807, 2.05) is 47.6 Å². The summed E-state index contributed by atoms with van der Waals surface area (Å²) in [5.41, 5.74) is 2.63. The van der Waals surface area contributed by atoms with E-state index in [1.165, 1.54) is 31.7 Å². The van der Waals surface area contributed by atoms with Crippen molar-refractivity contribution in [3.63, 3.8) is 0 Å². The van der Waals surface area contributed by atoms with Crippen molar-refractivity contribution in [3.8, 4) is 11.5 Å². The van der Waals surface area contributed by atoms with Gasteiger partial charge >= 0.3 is 50.9 Å². The fraction of sp³-hybridized carbons (Fsp3) is 0.588. The van der Waals surface area contributed by atoms with Gasteiger partial charge in [-0.05, 0) is 77.2 Å². The molecule has 2 saturated carbocycles. The molecule has 6 nitrogen and oxygen atoms in total. The molecule has 2 fully saturated rings. The van der Waals surface area contributed by atoms with E-state index in [1.54, 1.807) is 6.07 Å². The summed E-state index contributed by atoms with van der Waals surface area (Å²) in [6.07, 6.45) is 11.6. The average Bonchev–Trinajstić information content (AvgIpc) is 2.88. The van der Waals surface area contributed by atoms with E-state index in [0.29, 0.717) is 11.5 Å². The van der Waals surface area contributed by atoms with Gasteiger partial charge in [0.1, 0.15) is 0 Å². The van der Waals surface area contributed by atoms with Crippen molar-refractivity contribution in [2.24, 2.45) is 0 Å². The Morgan fingerprint density at radius 2 is 1.10 bits per heavy atom. The Hall–Kier alpha value is -1.77. The molecular formula is C34H46O6Zn2+2. The Labute approximate surface area is 277 Å². The summed E-state index contributed by atoms with van der Waals surface area (Å²) in [5, 5.41) is 43.3. The summed E-state index contributed by atoms with van der Waals surface area (Å²) in [4.78, 5) is 22.7. The molecule has 0 atom stereocenters. The molecule has 0 saturated heterocycles. The fourth-order valence-electron chi connectivity index (χ4n) is 6.00. The van der Waals surface area contributed by atoms with Crippen LogP contribution in [0.25, 0.3) is 0 Å². The molecule has 4 rings (SSSR count). The number of rotatable bonds is 4. The van der Waals surface area contributed by atoms with Gasteiger partial charge in [-0.15, -0.1) is 0 Å². The van der Waals surface area contributed by atoms with Crippen molar-refractivity contribution in [3.05, 3.63) is 57.6 Å². The predicted molar refractivity (Wildman–Crippen MR) is 155 cm³/mol. The molecule has 0 aliphatic heterocycles. The Morgan fingerprint density at radius 3 is 1.52 bits per heavy atom. The van der Waals surface area contributed by atoms with E-state index in [0.717, 1.165) is 55.2 Å². The second-order valence-electron chi connectivity index (χ2n) is 13.7. The van der Waals surface area contributed by atoms with Crippen molar-refractivity contribution in [1.29, 1.82) is 0 Å². The van der Waals surface area contributed by atoms with Gasteiger partial charge < -0.3 is 20.4 Å². The average molecular weight is 682 g/mol. The normalized spacial score (nSPS) is 16.3. The Kier molecular flexibility index (Phi) is 14.4. The van der Waals surface area contributed by atoms with Crippen molar-refractivity contribution in [2.75, 3.05) is 0 Å². The van der Waals surface area contributed by atoms with Gasteiger partial charge in [0.15, 0.2) is 0 Å². The fourth-order valence-corrected chi connectivity index (χ4v) is 6.00. The van der Waals surface area contributed by atoms with E-state index in [4.69, 9.17) is 5.11 Å². The first-order valence-corrected chi connectivity index (χ1v) is 14.8. The van der Waals surface area contributed by atoms with Crippen LogP contribution >= 0.6 is 0 Å². The second kappa shape index (κ2) is 15.8. The maximum absolute atomic E-state index is 12.6. The molecule has 2 aliphatic rings. The summed E-state index contributed by atoms with van der Waals surface area (Å²) >= 11 is 0. The van der Waals surface area contributed by atoms with Gasteiger partial charge in [0.05, 0.1) is 11.1 Å². The topological polar surface area (TPSA) is 121 Å². The van der Waals surface area contributed by atoms with Crippen LogP contribution in [0.2, 0.25) is 0 Å². The van der Waals surface area contributed by atoms with Crippen molar-refractivity contribution >= 4 is 11.9 Å². The molecule has 0 bridgehead atoms. The van der Waals surface area contributed by atoms with E-state index in [9.17, 15) is 24.9 Å². The zero-order chi connectivity index (χ0) is 29.8. The zero-order valence-electron chi connectivity index (χ0n) is 26.5. The molecule has 0 amide bonds. The van der Waals surface area contributed by atoms with Crippen LogP contribution in [0, 0.1) is 0 Å². The van der Waals surface area contributed by atoms with Crippen LogP contribution in [-0.2, 0) is 49.8 Å². The SMILES string of the molecule is CC(C)(C)c1cc(C(=O)O)c([O-])c(C(C)(C)C)c1.O=C(O)c1cc(C2CCCCC2)cc(C2CCCCC2)c1[O-].[Zn+2].[Zn+2]. The van der Waals surface area contributed by atoms with Crippen LogP contribution in [0.3, 0.4) is 0 Å². The van der Waals surface area contributed by atoms with Gasteiger partial charge in [0.25, 0.3) is 0 Å². The quantitative estimate of drug-likeness (QED) is 0.321. The summed E-state index contributed by atoms with van der Waals surface area (Å²) in [7, 11) is 0. The number of carbonyl (C=O) groups is 2. The second-order valence-corrected chi connectivity index (χ2v) is 13.7. The molecule has 0 heterocycles. The molecular weight excluding hydrogens is 635 g/mol. The van der Waals surface area contributed by atoms with Crippen LogP contribution in [0.15, 0.2) is 24.3 Å². The third kappa shape index (κ3) is 9.62. The first kappa shape index (κ1) is 38.3. The van der Waals surface area contributed by atoms with Gasteiger partial charge in [-0.25, -0.2) is 9.59 Å². The molecule has 2 aliphatic carbocycles. The third-order valence-electron chi connectivity index (χ3n) is 8.49. The minimum atomic E-state index is -1.16. The number of hydrogen-bond acceptors (Lipinski definition) is 4. The molecule has 0 unspecified atom stereocenters. The summed E-state index contributed by atoms with van der Waals surface area (Å²) in [6, 6.07) is 7.06. The Bertz CT molecular complexity index is 1210. The number of benzene rings is 2. The largest absolute Gasteiger partial charge is 2.00 e. The van der Waals surface area contributed by atoms with Gasteiger partial charge in [0, 0.05) is 0 Å². The predicted octanol–water partition coefficient (Wildman–Crippen LogP) is 7.60. The Morgan fingerprint density at radius 1 is 0.643 bits per heavy atom. The number of aromatic carboxylic acids is 2. The molecule has 220 valence electrons. The molecule has 0 spiro atoms. The Balaban J connectivity index is 0.000000409.